The van der Waals surface area contributed by atoms with Crippen LogP contribution in [0.2, 0.25) is 5.02 Å². The summed E-state index contributed by atoms with van der Waals surface area (Å²) in [6, 6.07) is 4.80. The molecule has 6 heteroatoms. The monoisotopic (exact) mass is 323 g/mol. The fourth-order valence-corrected chi connectivity index (χ4v) is 2.68. The summed E-state index contributed by atoms with van der Waals surface area (Å²) >= 11 is 6.14. The quantitative estimate of drug-likeness (QED) is 0.780. The highest BCUT2D eigenvalue weighted by Gasteiger charge is 2.20. The van der Waals surface area contributed by atoms with E-state index in [0.29, 0.717) is 22.8 Å². The van der Waals surface area contributed by atoms with Crippen LogP contribution >= 0.6 is 11.6 Å². The molecule has 1 atom stereocenters. The number of amides is 2. The first kappa shape index (κ1) is 16.8. The minimum atomic E-state index is -0.196. The van der Waals surface area contributed by atoms with Crippen molar-refractivity contribution in [3.8, 4) is 0 Å². The van der Waals surface area contributed by atoms with Crippen LogP contribution in [-0.2, 0) is 4.79 Å². The molecule has 2 amide bonds. The summed E-state index contributed by atoms with van der Waals surface area (Å²) < 4.78 is 0. The normalized spacial score (nSPS) is 17.8. The summed E-state index contributed by atoms with van der Waals surface area (Å²) in [5.74, 6) is -0.252. The smallest absolute Gasteiger partial charge is 0.252 e. The van der Waals surface area contributed by atoms with Crippen LogP contribution in [0, 0.1) is 0 Å². The molecule has 0 spiro atoms. The summed E-state index contributed by atoms with van der Waals surface area (Å²) in [7, 11) is 0. The Kier molecular flexibility index (Phi) is 6.21. The maximum Gasteiger partial charge on any atom is 0.252 e. The van der Waals surface area contributed by atoms with Gasteiger partial charge in [0.25, 0.3) is 5.91 Å². The first-order chi connectivity index (χ1) is 10.6. The second-order valence-corrected chi connectivity index (χ2v) is 5.85. The summed E-state index contributed by atoms with van der Waals surface area (Å²) in [5, 5.41) is 9.16. The van der Waals surface area contributed by atoms with Crippen LogP contribution in [0.25, 0.3) is 0 Å². The standard InChI is InChI=1S/C16H22ClN3O2/c1-2-8-19-15(21)12-7-6-11(10-13(12)17)20-16(22)14-5-3-4-9-18-14/h6-7,10,14,18H,2-5,8-9H2,1H3,(H,19,21)(H,20,22). The third-order valence-electron chi connectivity index (χ3n) is 3.64. The van der Waals surface area contributed by atoms with Crippen LogP contribution in [0.3, 0.4) is 0 Å². The van der Waals surface area contributed by atoms with Gasteiger partial charge in [0.15, 0.2) is 0 Å². The molecule has 5 nitrogen and oxygen atoms in total. The van der Waals surface area contributed by atoms with Crippen LogP contribution in [0.1, 0.15) is 43.0 Å². The topological polar surface area (TPSA) is 70.2 Å². The summed E-state index contributed by atoms with van der Waals surface area (Å²) in [6.07, 6.45) is 3.88. The number of hydrogen-bond donors (Lipinski definition) is 3. The number of carbonyl (C=O) groups excluding carboxylic acids is 2. The van der Waals surface area contributed by atoms with Crippen LogP contribution < -0.4 is 16.0 Å². The van der Waals surface area contributed by atoms with Crippen molar-refractivity contribution in [3.05, 3.63) is 28.8 Å². The zero-order valence-electron chi connectivity index (χ0n) is 12.7. The number of halogens is 1. The van der Waals surface area contributed by atoms with E-state index in [1.165, 1.54) is 0 Å². The first-order valence-electron chi connectivity index (χ1n) is 7.74. The lowest BCUT2D eigenvalue weighted by atomic mass is 10.0. The molecule has 1 aliphatic rings. The molecule has 0 saturated carbocycles. The van der Waals surface area contributed by atoms with Crippen molar-refractivity contribution in [2.75, 3.05) is 18.4 Å². The molecule has 22 heavy (non-hydrogen) atoms. The van der Waals surface area contributed by atoms with Gasteiger partial charge in [-0.15, -0.1) is 0 Å². The molecule has 0 radical (unpaired) electrons. The highest BCUT2D eigenvalue weighted by atomic mass is 35.5. The molecular weight excluding hydrogens is 302 g/mol. The van der Waals surface area contributed by atoms with Crippen LogP contribution in [0.15, 0.2) is 18.2 Å². The zero-order chi connectivity index (χ0) is 15.9. The number of benzene rings is 1. The molecular formula is C16H22ClN3O2. The van der Waals surface area contributed by atoms with Gasteiger partial charge in [-0.05, 0) is 44.0 Å². The Balaban J connectivity index is 1.99. The highest BCUT2D eigenvalue weighted by Crippen LogP contribution is 2.21. The third-order valence-corrected chi connectivity index (χ3v) is 3.96. The van der Waals surface area contributed by atoms with Crippen molar-refractivity contribution in [2.24, 2.45) is 0 Å². The Hall–Kier alpha value is -1.59. The van der Waals surface area contributed by atoms with Gasteiger partial charge >= 0.3 is 0 Å². The molecule has 0 aromatic heterocycles. The van der Waals surface area contributed by atoms with E-state index in [1.807, 2.05) is 6.92 Å². The van der Waals surface area contributed by atoms with Crippen LogP contribution in [0.4, 0.5) is 5.69 Å². The van der Waals surface area contributed by atoms with Gasteiger partial charge in [0.2, 0.25) is 5.91 Å². The molecule has 1 aromatic carbocycles. The lowest BCUT2D eigenvalue weighted by Crippen LogP contribution is -2.43. The Morgan fingerprint density at radius 3 is 2.82 bits per heavy atom. The van der Waals surface area contributed by atoms with E-state index in [0.717, 1.165) is 32.2 Å². The number of anilines is 1. The molecule has 0 bridgehead atoms. The van der Waals surface area contributed by atoms with Gasteiger partial charge in [0, 0.05) is 12.2 Å². The number of hydrogen-bond acceptors (Lipinski definition) is 3. The number of carbonyl (C=O) groups is 2. The average molecular weight is 324 g/mol. The summed E-state index contributed by atoms with van der Waals surface area (Å²) in [5.41, 5.74) is 1.03. The predicted molar refractivity (Wildman–Crippen MR) is 88.3 cm³/mol. The van der Waals surface area contributed by atoms with Crippen molar-refractivity contribution < 1.29 is 9.59 Å². The van der Waals surface area contributed by atoms with Crippen molar-refractivity contribution in [3.63, 3.8) is 0 Å². The molecule has 120 valence electrons. The second-order valence-electron chi connectivity index (χ2n) is 5.44. The van der Waals surface area contributed by atoms with E-state index in [1.54, 1.807) is 18.2 Å². The minimum Gasteiger partial charge on any atom is -0.352 e. The largest absolute Gasteiger partial charge is 0.352 e. The van der Waals surface area contributed by atoms with Crippen LogP contribution in [-0.4, -0.2) is 30.9 Å². The van der Waals surface area contributed by atoms with E-state index in [4.69, 9.17) is 11.6 Å². The van der Waals surface area contributed by atoms with Gasteiger partial charge < -0.3 is 16.0 Å². The van der Waals surface area contributed by atoms with Gasteiger partial charge in [-0.2, -0.15) is 0 Å². The van der Waals surface area contributed by atoms with Crippen molar-refractivity contribution in [1.29, 1.82) is 0 Å². The number of nitrogens with one attached hydrogen (secondary N) is 3. The van der Waals surface area contributed by atoms with Gasteiger partial charge in [0.05, 0.1) is 16.6 Å². The lowest BCUT2D eigenvalue weighted by Gasteiger charge is -2.22. The van der Waals surface area contributed by atoms with E-state index in [2.05, 4.69) is 16.0 Å². The molecule has 1 aromatic rings. The molecule has 1 fully saturated rings. The molecule has 2 rings (SSSR count). The molecule has 1 aliphatic heterocycles. The Morgan fingerprint density at radius 1 is 1.36 bits per heavy atom. The van der Waals surface area contributed by atoms with Gasteiger partial charge in [-0.3, -0.25) is 9.59 Å². The maximum absolute atomic E-state index is 12.1. The van der Waals surface area contributed by atoms with Gasteiger partial charge in [-0.25, -0.2) is 0 Å². The van der Waals surface area contributed by atoms with E-state index in [9.17, 15) is 9.59 Å². The molecule has 0 aliphatic carbocycles. The zero-order valence-corrected chi connectivity index (χ0v) is 13.5. The van der Waals surface area contributed by atoms with Crippen molar-refractivity contribution in [1.82, 2.24) is 10.6 Å². The van der Waals surface area contributed by atoms with Crippen molar-refractivity contribution in [2.45, 2.75) is 38.6 Å². The predicted octanol–water partition coefficient (Wildman–Crippen LogP) is 2.56. The Labute approximate surface area is 135 Å². The molecule has 1 unspecified atom stereocenters. The highest BCUT2D eigenvalue weighted by molar-refractivity contribution is 6.34. The fourth-order valence-electron chi connectivity index (χ4n) is 2.42. The number of piperidine rings is 1. The van der Waals surface area contributed by atoms with Gasteiger partial charge in [0.1, 0.15) is 0 Å². The van der Waals surface area contributed by atoms with E-state index >= 15 is 0 Å². The van der Waals surface area contributed by atoms with Gasteiger partial charge in [-0.1, -0.05) is 24.9 Å². The fraction of sp³-hybridized carbons (Fsp3) is 0.500. The second kappa shape index (κ2) is 8.15. The van der Waals surface area contributed by atoms with Crippen molar-refractivity contribution >= 4 is 29.1 Å². The number of rotatable bonds is 5. The van der Waals surface area contributed by atoms with Crippen LogP contribution in [0.5, 0.6) is 0 Å². The summed E-state index contributed by atoms with van der Waals surface area (Å²) in [4.78, 5) is 24.1. The van der Waals surface area contributed by atoms with E-state index < -0.39 is 0 Å². The molecule has 1 heterocycles. The minimum absolute atomic E-state index is 0.0565. The Morgan fingerprint density at radius 2 is 2.18 bits per heavy atom. The summed E-state index contributed by atoms with van der Waals surface area (Å²) in [6.45, 7) is 3.47. The molecule has 1 saturated heterocycles. The third kappa shape index (κ3) is 4.45. The SMILES string of the molecule is CCCNC(=O)c1ccc(NC(=O)C2CCCCN2)cc1Cl. The first-order valence-corrected chi connectivity index (χ1v) is 8.11. The maximum atomic E-state index is 12.1. The average Bonchev–Trinajstić information content (AvgIpc) is 2.53. The lowest BCUT2D eigenvalue weighted by molar-refractivity contribution is -0.118. The Bertz CT molecular complexity index is 542. The van der Waals surface area contributed by atoms with E-state index in [-0.39, 0.29) is 17.9 Å². The molecule has 3 N–H and O–H groups in total.